The third kappa shape index (κ3) is 3.77. The molecule has 0 aliphatic carbocycles. The molecule has 2 heterocycles. The van der Waals surface area contributed by atoms with Gasteiger partial charge in [0.05, 0.1) is 16.1 Å². The van der Waals surface area contributed by atoms with Crippen LogP contribution in [0.25, 0.3) is 11.3 Å². The van der Waals surface area contributed by atoms with Gasteiger partial charge in [-0.3, -0.25) is 9.59 Å². The number of carbonyl (C=O) groups excluding carboxylic acids is 2. The van der Waals surface area contributed by atoms with Crippen LogP contribution in [-0.4, -0.2) is 30.6 Å². The first kappa shape index (κ1) is 20.9. The monoisotopic (exact) mass is 439 g/mol. The highest BCUT2D eigenvalue weighted by atomic mass is 35.5. The first-order valence-corrected chi connectivity index (χ1v) is 10.1. The summed E-state index contributed by atoms with van der Waals surface area (Å²) in [7, 11) is 1.70. The zero-order valence-electron chi connectivity index (χ0n) is 17.7. The third-order valence-corrected chi connectivity index (χ3v) is 5.60. The maximum atomic E-state index is 13.1. The van der Waals surface area contributed by atoms with Crippen LogP contribution in [0.5, 0.6) is 5.75 Å². The van der Waals surface area contributed by atoms with Gasteiger partial charge >= 0.3 is 0 Å². The van der Waals surface area contributed by atoms with Crippen LogP contribution in [0.2, 0.25) is 5.02 Å². The molecule has 8 heteroatoms. The number of halogens is 1. The highest BCUT2D eigenvalue weighted by Crippen LogP contribution is 2.38. The van der Waals surface area contributed by atoms with E-state index < -0.39 is 11.3 Å². The van der Waals surface area contributed by atoms with Gasteiger partial charge in [0.15, 0.2) is 0 Å². The average molecular weight is 440 g/mol. The van der Waals surface area contributed by atoms with Gasteiger partial charge in [0, 0.05) is 18.3 Å². The second-order valence-electron chi connectivity index (χ2n) is 8.12. The predicted octanol–water partition coefficient (Wildman–Crippen LogP) is 4.94. The fraction of sp³-hybridized carbons (Fsp3) is 0.261. The summed E-state index contributed by atoms with van der Waals surface area (Å²) in [4.78, 5) is 27.4. The molecule has 0 bridgehead atoms. The van der Waals surface area contributed by atoms with Gasteiger partial charge in [0.1, 0.15) is 29.4 Å². The third-order valence-electron chi connectivity index (χ3n) is 5.27. The van der Waals surface area contributed by atoms with Crippen LogP contribution in [-0.2, 0) is 4.79 Å². The number of benzene rings is 2. The maximum absolute atomic E-state index is 13.1. The van der Waals surface area contributed by atoms with Gasteiger partial charge in [-0.1, -0.05) is 35.0 Å². The number of amides is 2. The van der Waals surface area contributed by atoms with E-state index in [1.165, 1.54) is 0 Å². The van der Waals surface area contributed by atoms with Crippen molar-refractivity contribution < 1.29 is 18.8 Å². The Balaban J connectivity index is 1.66. The van der Waals surface area contributed by atoms with Gasteiger partial charge in [0.2, 0.25) is 5.91 Å². The summed E-state index contributed by atoms with van der Waals surface area (Å²) in [5.41, 5.74) is 1.71. The highest BCUT2D eigenvalue weighted by Gasteiger charge is 2.36. The number of nitrogens with one attached hydrogen (secondary N) is 1. The van der Waals surface area contributed by atoms with Crippen molar-refractivity contribution in [2.24, 2.45) is 5.41 Å². The van der Waals surface area contributed by atoms with E-state index in [9.17, 15) is 9.59 Å². The summed E-state index contributed by atoms with van der Waals surface area (Å²) in [5.74, 6) is 0.500. The zero-order chi connectivity index (χ0) is 22.3. The summed E-state index contributed by atoms with van der Waals surface area (Å²) < 4.78 is 11.1. The largest absolute Gasteiger partial charge is 0.490 e. The van der Waals surface area contributed by atoms with Crippen LogP contribution in [0, 0.1) is 12.3 Å². The number of fused-ring (bicyclic) bond motifs is 1. The second kappa shape index (κ2) is 7.74. The van der Waals surface area contributed by atoms with Crippen molar-refractivity contribution in [1.82, 2.24) is 5.16 Å². The lowest BCUT2D eigenvalue weighted by Gasteiger charge is -2.24. The molecule has 0 atom stereocenters. The number of aromatic nitrogens is 1. The maximum Gasteiger partial charge on any atom is 0.261 e. The van der Waals surface area contributed by atoms with Crippen LogP contribution in [0.4, 0.5) is 11.4 Å². The Hall–Kier alpha value is -3.32. The molecule has 0 unspecified atom stereocenters. The lowest BCUT2D eigenvalue weighted by Crippen LogP contribution is -2.39. The Morgan fingerprint density at radius 1 is 1.23 bits per heavy atom. The number of carbonyl (C=O) groups is 2. The summed E-state index contributed by atoms with van der Waals surface area (Å²) in [5, 5.41) is 7.37. The number of hydrogen-bond acceptors (Lipinski definition) is 5. The molecule has 1 N–H and O–H groups in total. The number of ether oxygens (including phenoxy) is 1. The number of hydrogen-bond donors (Lipinski definition) is 1. The van der Waals surface area contributed by atoms with Crippen molar-refractivity contribution in [2.75, 3.05) is 23.9 Å². The Kier molecular flexibility index (Phi) is 5.23. The van der Waals surface area contributed by atoms with Gasteiger partial charge in [-0.15, -0.1) is 0 Å². The molecule has 0 fully saturated rings. The summed E-state index contributed by atoms with van der Waals surface area (Å²) in [6, 6.07) is 12.3. The summed E-state index contributed by atoms with van der Waals surface area (Å²) in [6.45, 7) is 5.62. The number of rotatable bonds is 3. The molecule has 1 aliphatic heterocycles. The van der Waals surface area contributed by atoms with E-state index >= 15 is 0 Å². The fourth-order valence-corrected chi connectivity index (χ4v) is 3.76. The minimum atomic E-state index is -0.652. The molecular formula is C23H22ClN3O4. The minimum absolute atomic E-state index is 0.0642. The lowest BCUT2D eigenvalue weighted by atomic mass is 9.93. The molecule has 3 aromatic rings. The van der Waals surface area contributed by atoms with Gasteiger partial charge in [-0.25, -0.2) is 0 Å². The van der Waals surface area contributed by atoms with E-state index in [0.29, 0.717) is 44.7 Å². The standard InChI is InChI=1S/C23H22ClN3O4/c1-13-19(20(26-31-13)15-7-5-6-8-16(15)24)21(28)25-14-9-10-18-17(11-14)27(4)22(29)23(2,3)12-30-18/h5-11H,12H2,1-4H3,(H,25,28). The van der Waals surface area contributed by atoms with E-state index in [2.05, 4.69) is 10.5 Å². The highest BCUT2D eigenvalue weighted by molar-refractivity contribution is 6.33. The number of nitrogens with zero attached hydrogens (tertiary/aromatic N) is 2. The van der Waals surface area contributed by atoms with Gasteiger partial charge in [-0.05, 0) is 45.0 Å². The van der Waals surface area contributed by atoms with E-state index in [0.717, 1.165) is 0 Å². The van der Waals surface area contributed by atoms with Crippen molar-refractivity contribution in [3.05, 3.63) is 58.8 Å². The molecule has 160 valence electrons. The molecular weight excluding hydrogens is 418 g/mol. The van der Waals surface area contributed by atoms with Crippen LogP contribution < -0.4 is 15.0 Å². The van der Waals surface area contributed by atoms with Crippen molar-refractivity contribution in [1.29, 1.82) is 0 Å². The van der Waals surface area contributed by atoms with Crippen molar-refractivity contribution in [3.63, 3.8) is 0 Å². The quantitative estimate of drug-likeness (QED) is 0.625. The average Bonchev–Trinajstić information content (AvgIpc) is 3.09. The van der Waals surface area contributed by atoms with Crippen molar-refractivity contribution in [3.8, 4) is 17.0 Å². The Bertz CT molecular complexity index is 1190. The predicted molar refractivity (Wildman–Crippen MR) is 119 cm³/mol. The second-order valence-corrected chi connectivity index (χ2v) is 8.52. The molecule has 4 rings (SSSR count). The van der Waals surface area contributed by atoms with Crippen LogP contribution in [0.1, 0.15) is 30.0 Å². The molecule has 2 amide bonds. The molecule has 0 saturated heterocycles. The minimum Gasteiger partial charge on any atom is -0.490 e. The normalized spacial score (nSPS) is 15.1. The summed E-state index contributed by atoms with van der Waals surface area (Å²) >= 11 is 6.29. The van der Waals surface area contributed by atoms with Crippen molar-refractivity contribution >= 4 is 34.8 Å². The van der Waals surface area contributed by atoms with Crippen LogP contribution >= 0.6 is 11.6 Å². The molecule has 1 aromatic heterocycles. The smallest absolute Gasteiger partial charge is 0.261 e. The summed E-state index contributed by atoms with van der Waals surface area (Å²) in [6.07, 6.45) is 0. The zero-order valence-corrected chi connectivity index (χ0v) is 18.4. The Labute approximate surface area is 184 Å². The molecule has 7 nitrogen and oxygen atoms in total. The topological polar surface area (TPSA) is 84.7 Å². The molecule has 1 aliphatic rings. The van der Waals surface area contributed by atoms with Crippen molar-refractivity contribution in [2.45, 2.75) is 20.8 Å². The van der Waals surface area contributed by atoms with Gasteiger partial charge in [-0.2, -0.15) is 0 Å². The lowest BCUT2D eigenvalue weighted by molar-refractivity contribution is -0.127. The van der Waals surface area contributed by atoms with E-state index in [1.807, 2.05) is 19.9 Å². The van der Waals surface area contributed by atoms with Gasteiger partial charge < -0.3 is 19.5 Å². The van der Waals surface area contributed by atoms with E-state index in [1.54, 1.807) is 55.3 Å². The molecule has 0 saturated carbocycles. The Morgan fingerprint density at radius 3 is 2.71 bits per heavy atom. The molecule has 0 spiro atoms. The van der Waals surface area contributed by atoms with E-state index in [4.69, 9.17) is 20.9 Å². The molecule has 0 radical (unpaired) electrons. The first-order valence-electron chi connectivity index (χ1n) is 9.76. The van der Waals surface area contributed by atoms with E-state index in [-0.39, 0.29) is 12.5 Å². The van der Waals surface area contributed by atoms with Crippen LogP contribution in [0.3, 0.4) is 0 Å². The van der Waals surface area contributed by atoms with Gasteiger partial charge in [0.25, 0.3) is 5.91 Å². The molecule has 31 heavy (non-hydrogen) atoms. The SMILES string of the molecule is Cc1onc(-c2ccccc2Cl)c1C(=O)Nc1ccc2c(c1)N(C)C(=O)C(C)(C)CO2. The molecule has 2 aromatic carbocycles. The first-order chi connectivity index (χ1) is 14.7. The Morgan fingerprint density at radius 2 is 1.97 bits per heavy atom. The fourth-order valence-electron chi connectivity index (χ4n) is 3.53. The number of aryl methyl sites for hydroxylation is 1. The number of anilines is 2. The van der Waals surface area contributed by atoms with Crippen LogP contribution in [0.15, 0.2) is 47.0 Å².